The maximum atomic E-state index is 12.5. The number of amides is 2. The van der Waals surface area contributed by atoms with E-state index in [1.807, 2.05) is 17.5 Å². The second-order valence-electron chi connectivity index (χ2n) is 5.50. The van der Waals surface area contributed by atoms with Crippen molar-refractivity contribution in [1.29, 1.82) is 0 Å². The molecule has 2 N–H and O–H groups in total. The molecule has 1 aliphatic heterocycles. The summed E-state index contributed by atoms with van der Waals surface area (Å²) < 4.78 is 0.404. The molecule has 6 nitrogen and oxygen atoms in total. The fraction of sp³-hybridized carbons (Fsp3) is 0.111. The topological polar surface area (TPSA) is 86.7 Å². The zero-order chi connectivity index (χ0) is 19.4. The standard InChI is InChI=1S/C18H14N2O4S3/c21-15(19-13-6-2-1-5-12(13)17(23)24)7-8-20-16(22)14(27-18(20)25)10-11-4-3-9-26-11/h1-6,9-10H,7-8H2,(H,19,21)(H,23,24)/b14-10-. The average molecular weight is 419 g/mol. The molecule has 0 atom stereocenters. The number of hydrogen-bond acceptors (Lipinski definition) is 6. The highest BCUT2D eigenvalue weighted by Crippen LogP contribution is 2.33. The number of nitrogens with zero attached hydrogens (tertiary/aromatic N) is 1. The van der Waals surface area contributed by atoms with E-state index in [1.165, 1.54) is 40.1 Å². The average Bonchev–Trinajstić information content (AvgIpc) is 3.23. The van der Waals surface area contributed by atoms with Gasteiger partial charge in [-0.3, -0.25) is 14.5 Å². The number of carboxylic acids is 1. The third-order valence-corrected chi connectivity index (χ3v) is 5.88. The van der Waals surface area contributed by atoms with Crippen molar-refractivity contribution in [2.75, 3.05) is 11.9 Å². The first kappa shape index (κ1) is 19.3. The van der Waals surface area contributed by atoms with Crippen molar-refractivity contribution in [2.24, 2.45) is 0 Å². The third kappa shape index (κ3) is 4.62. The van der Waals surface area contributed by atoms with Crippen molar-refractivity contribution in [3.63, 3.8) is 0 Å². The smallest absolute Gasteiger partial charge is 0.337 e. The zero-order valence-electron chi connectivity index (χ0n) is 13.9. The first-order valence-corrected chi connectivity index (χ1v) is 9.97. The Morgan fingerprint density at radius 1 is 1.22 bits per heavy atom. The molecule has 1 saturated heterocycles. The quantitative estimate of drug-likeness (QED) is 0.550. The molecule has 0 spiro atoms. The van der Waals surface area contributed by atoms with Crippen LogP contribution < -0.4 is 5.32 Å². The van der Waals surface area contributed by atoms with Gasteiger partial charge in [-0.2, -0.15) is 0 Å². The van der Waals surface area contributed by atoms with Gasteiger partial charge in [-0.05, 0) is 29.7 Å². The molecule has 2 amide bonds. The molecular formula is C18H14N2O4S3. The Bertz CT molecular complexity index is 938. The van der Waals surface area contributed by atoms with Crippen LogP contribution in [0.2, 0.25) is 0 Å². The number of para-hydroxylation sites is 1. The highest BCUT2D eigenvalue weighted by Gasteiger charge is 2.32. The van der Waals surface area contributed by atoms with Gasteiger partial charge < -0.3 is 10.4 Å². The van der Waals surface area contributed by atoms with Crippen molar-refractivity contribution in [2.45, 2.75) is 6.42 Å². The van der Waals surface area contributed by atoms with Gasteiger partial charge in [0.05, 0.1) is 16.2 Å². The SMILES string of the molecule is O=C(CCN1C(=O)/C(=C/c2cccs2)SC1=S)Nc1ccccc1C(=O)O. The summed E-state index contributed by atoms with van der Waals surface area (Å²) >= 11 is 7.98. The lowest BCUT2D eigenvalue weighted by Gasteiger charge is -2.14. The fourth-order valence-corrected chi connectivity index (χ4v) is 4.43. The highest BCUT2D eigenvalue weighted by molar-refractivity contribution is 8.26. The lowest BCUT2D eigenvalue weighted by molar-refractivity contribution is -0.122. The van der Waals surface area contributed by atoms with Gasteiger partial charge in [0, 0.05) is 17.8 Å². The summed E-state index contributed by atoms with van der Waals surface area (Å²) in [5.41, 5.74) is 0.230. The minimum atomic E-state index is -1.12. The molecule has 0 radical (unpaired) electrons. The van der Waals surface area contributed by atoms with E-state index in [1.54, 1.807) is 18.2 Å². The van der Waals surface area contributed by atoms with Crippen LogP contribution in [-0.4, -0.2) is 38.7 Å². The maximum Gasteiger partial charge on any atom is 0.337 e. The lowest BCUT2D eigenvalue weighted by Crippen LogP contribution is -2.31. The van der Waals surface area contributed by atoms with Crippen molar-refractivity contribution >= 4 is 69.2 Å². The van der Waals surface area contributed by atoms with Gasteiger partial charge in [-0.15, -0.1) is 11.3 Å². The van der Waals surface area contributed by atoms with Gasteiger partial charge in [-0.1, -0.05) is 42.2 Å². The number of carbonyl (C=O) groups excluding carboxylic acids is 2. The van der Waals surface area contributed by atoms with E-state index in [-0.39, 0.29) is 36.0 Å². The molecule has 2 aromatic rings. The second kappa shape index (κ2) is 8.47. The molecular weight excluding hydrogens is 404 g/mol. The van der Waals surface area contributed by atoms with Gasteiger partial charge in [0.1, 0.15) is 4.32 Å². The molecule has 2 heterocycles. The predicted molar refractivity (Wildman–Crippen MR) is 111 cm³/mol. The van der Waals surface area contributed by atoms with Gasteiger partial charge in [0.25, 0.3) is 5.91 Å². The largest absolute Gasteiger partial charge is 0.478 e. The van der Waals surface area contributed by atoms with Crippen LogP contribution in [0.1, 0.15) is 21.7 Å². The molecule has 0 aliphatic carbocycles. The van der Waals surface area contributed by atoms with Crippen molar-refractivity contribution in [1.82, 2.24) is 4.90 Å². The molecule has 9 heteroatoms. The Labute approximate surface area is 168 Å². The van der Waals surface area contributed by atoms with Gasteiger partial charge in [0.2, 0.25) is 5.91 Å². The molecule has 1 aromatic carbocycles. The van der Waals surface area contributed by atoms with E-state index >= 15 is 0 Å². The van der Waals surface area contributed by atoms with Crippen LogP contribution in [0.4, 0.5) is 5.69 Å². The normalized spacial score (nSPS) is 15.4. The Morgan fingerprint density at radius 2 is 2.00 bits per heavy atom. The summed E-state index contributed by atoms with van der Waals surface area (Å²) in [4.78, 5) is 38.8. The van der Waals surface area contributed by atoms with Crippen LogP contribution in [0.15, 0.2) is 46.7 Å². The Balaban J connectivity index is 1.61. The number of thiocarbonyl (C=S) groups is 1. The van der Waals surface area contributed by atoms with E-state index in [0.29, 0.717) is 9.23 Å². The number of carboxylic acid groups (broad SMARTS) is 1. The minimum absolute atomic E-state index is 0.00662. The second-order valence-corrected chi connectivity index (χ2v) is 8.15. The number of hydrogen-bond donors (Lipinski definition) is 2. The first-order valence-electron chi connectivity index (χ1n) is 7.87. The van der Waals surface area contributed by atoms with Gasteiger partial charge >= 0.3 is 5.97 Å². The monoisotopic (exact) mass is 418 g/mol. The van der Waals surface area contributed by atoms with Gasteiger partial charge in [-0.25, -0.2) is 4.79 Å². The Kier molecular flexibility index (Phi) is 6.04. The van der Waals surface area contributed by atoms with Gasteiger partial charge in [0.15, 0.2) is 0 Å². The summed E-state index contributed by atoms with van der Waals surface area (Å²) in [5, 5.41) is 13.7. The number of anilines is 1. The van der Waals surface area contributed by atoms with Crippen LogP contribution in [0.25, 0.3) is 6.08 Å². The Hall–Kier alpha value is -2.49. The molecule has 138 valence electrons. The predicted octanol–water partition coefficient (Wildman–Crippen LogP) is 3.68. The summed E-state index contributed by atoms with van der Waals surface area (Å²) in [5.74, 6) is -1.74. The minimum Gasteiger partial charge on any atom is -0.478 e. The molecule has 0 saturated carbocycles. The summed E-state index contributed by atoms with van der Waals surface area (Å²) in [7, 11) is 0. The number of aromatic carboxylic acids is 1. The van der Waals surface area contributed by atoms with Crippen molar-refractivity contribution in [3.05, 3.63) is 57.1 Å². The van der Waals surface area contributed by atoms with Crippen LogP contribution in [0.3, 0.4) is 0 Å². The van der Waals surface area contributed by atoms with E-state index in [4.69, 9.17) is 17.3 Å². The van der Waals surface area contributed by atoms with Crippen LogP contribution in [0.5, 0.6) is 0 Å². The molecule has 1 aromatic heterocycles. The fourth-order valence-electron chi connectivity index (χ4n) is 2.40. The number of carbonyl (C=O) groups is 3. The van der Waals surface area contributed by atoms with Crippen LogP contribution in [-0.2, 0) is 9.59 Å². The highest BCUT2D eigenvalue weighted by atomic mass is 32.2. The number of nitrogens with one attached hydrogen (secondary N) is 1. The van der Waals surface area contributed by atoms with E-state index in [2.05, 4.69) is 5.32 Å². The maximum absolute atomic E-state index is 12.5. The summed E-state index contributed by atoms with van der Waals surface area (Å²) in [6.07, 6.45) is 1.79. The third-order valence-electron chi connectivity index (χ3n) is 3.68. The van der Waals surface area contributed by atoms with Crippen LogP contribution in [0, 0.1) is 0 Å². The molecule has 27 heavy (non-hydrogen) atoms. The molecule has 1 fully saturated rings. The summed E-state index contributed by atoms with van der Waals surface area (Å²) in [6.45, 7) is 0.132. The number of benzene rings is 1. The zero-order valence-corrected chi connectivity index (χ0v) is 16.3. The van der Waals surface area contributed by atoms with E-state index < -0.39 is 5.97 Å². The number of rotatable bonds is 6. The number of thioether (sulfide) groups is 1. The molecule has 0 bridgehead atoms. The molecule has 3 rings (SSSR count). The first-order chi connectivity index (χ1) is 13.0. The molecule has 1 aliphatic rings. The van der Waals surface area contributed by atoms with Crippen molar-refractivity contribution < 1.29 is 19.5 Å². The van der Waals surface area contributed by atoms with E-state index in [9.17, 15) is 14.4 Å². The summed E-state index contributed by atoms with van der Waals surface area (Å²) in [6, 6.07) is 9.96. The number of thiophene rings is 1. The lowest BCUT2D eigenvalue weighted by atomic mass is 10.2. The van der Waals surface area contributed by atoms with Crippen LogP contribution >= 0.6 is 35.3 Å². The van der Waals surface area contributed by atoms with E-state index in [0.717, 1.165) is 4.88 Å². The molecule has 0 unspecified atom stereocenters. The Morgan fingerprint density at radius 3 is 2.70 bits per heavy atom. The van der Waals surface area contributed by atoms with Crippen molar-refractivity contribution in [3.8, 4) is 0 Å².